The number of likely N-dealkylation sites (tertiary alicyclic amines) is 1. The first kappa shape index (κ1) is 17.6. The summed E-state index contributed by atoms with van der Waals surface area (Å²) in [5.41, 5.74) is 0.354. The Balaban J connectivity index is 1.39. The van der Waals surface area contributed by atoms with Crippen LogP contribution in [-0.4, -0.2) is 60.0 Å². The summed E-state index contributed by atoms with van der Waals surface area (Å²) in [6.07, 6.45) is 8.36. The summed E-state index contributed by atoms with van der Waals surface area (Å²) in [5, 5.41) is 12.2. The predicted molar refractivity (Wildman–Crippen MR) is 95.0 cm³/mol. The van der Waals surface area contributed by atoms with Gasteiger partial charge in [-0.2, -0.15) is 5.26 Å². The summed E-state index contributed by atoms with van der Waals surface area (Å²) in [6.45, 7) is 5.73. The van der Waals surface area contributed by atoms with Crippen molar-refractivity contribution < 1.29 is 4.79 Å². The summed E-state index contributed by atoms with van der Waals surface area (Å²) in [7, 11) is 0. The number of nitrogens with one attached hydrogen (secondary N) is 1. The van der Waals surface area contributed by atoms with Crippen LogP contribution < -0.4 is 10.2 Å². The van der Waals surface area contributed by atoms with Gasteiger partial charge in [-0.15, -0.1) is 0 Å². The van der Waals surface area contributed by atoms with Crippen LogP contribution in [0.5, 0.6) is 0 Å². The third kappa shape index (κ3) is 4.67. The van der Waals surface area contributed by atoms with E-state index in [4.69, 9.17) is 5.26 Å². The van der Waals surface area contributed by atoms with Crippen LogP contribution in [0.25, 0.3) is 0 Å². The van der Waals surface area contributed by atoms with Gasteiger partial charge < -0.3 is 15.1 Å². The zero-order valence-corrected chi connectivity index (χ0v) is 14.7. The predicted octanol–water partition coefficient (Wildman–Crippen LogP) is 1.17. The molecule has 2 aliphatic rings. The normalized spacial score (nSPS) is 18.9. The van der Waals surface area contributed by atoms with Crippen molar-refractivity contribution in [1.29, 1.82) is 5.26 Å². The number of piperidine rings is 1. The zero-order valence-electron chi connectivity index (χ0n) is 14.7. The lowest BCUT2D eigenvalue weighted by Crippen LogP contribution is -2.41. The molecule has 2 saturated heterocycles. The summed E-state index contributed by atoms with van der Waals surface area (Å²) in [5.74, 6) is 0.862. The molecule has 2 fully saturated rings. The first-order valence-corrected chi connectivity index (χ1v) is 9.24. The van der Waals surface area contributed by atoms with E-state index in [0.717, 1.165) is 45.4 Å². The number of aromatic nitrogens is 2. The van der Waals surface area contributed by atoms with E-state index in [2.05, 4.69) is 31.2 Å². The van der Waals surface area contributed by atoms with Crippen molar-refractivity contribution in [3.63, 3.8) is 0 Å². The molecule has 3 rings (SSSR count). The second kappa shape index (κ2) is 8.77. The molecule has 7 heteroatoms. The Morgan fingerprint density at radius 1 is 1.20 bits per heavy atom. The van der Waals surface area contributed by atoms with Gasteiger partial charge in [-0.05, 0) is 51.7 Å². The van der Waals surface area contributed by atoms with E-state index in [1.54, 1.807) is 6.20 Å². The van der Waals surface area contributed by atoms with Gasteiger partial charge in [-0.25, -0.2) is 9.97 Å². The summed E-state index contributed by atoms with van der Waals surface area (Å²) >= 11 is 0. The van der Waals surface area contributed by atoms with Crippen LogP contribution in [0.2, 0.25) is 0 Å². The number of anilines is 1. The van der Waals surface area contributed by atoms with E-state index >= 15 is 0 Å². The van der Waals surface area contributed by atoms with Gasteiger partial charge in [0.05, 0.1) is 0 Å². The smallest absolute Gasteiger partial charge is 0.223 e. The standard InChI is InChI=1S/C18H26N6O/c19-14-16-17(21-8-7-20-16)24-12-4-15(5-13-24)18(25)22-6-3-11-23-9-1-2-10-23/h7-8,15H,1-6,9-13H2,(H,22,25). The maximum absolute atomic E-state index is 12.3. The molecule has 0 spiro atoms. The first-order valence-electron chi connectivity index (χ1n) is 9.24. The maximum atomic E-state index is 12.3. The minimum Gasteiger partial charge on any atom is -0.356 e. The van der Waals surface area contributed by atoms with Crippen LogP contribution in [0.4, 0.5) is 5.82 Å². The summed E-state index contributed by atoms with van der Waals surface area (Å²) in [6, 6.07) is 2.09. The number of carbonyl (C=O) groups excluding carboxylic acids is 1. The molecule has 1 aromatic rings. The molecule has 7 nitrogen and oxygen atoms in total. The number of amides is 1. The fourth-order valence-corrected chi connectivity index (χ4v) is 3.66. The Morgan fingerprint density at radius 3 is 2.64 bits per heavy atom. The zero-order chi connectivity index (χ0) is 17.5. The highest BCUT2D eigenvalue weighted by molar-refractivity contribution is 5.79. The first-order chi connectivity index (χ1) is 12.3. The van der Waals surface area contributed by atoms with Gasteiger partial charge >= 0.3 is 0 Å². The number of nitrogens with zero attached hydrogens (tertiary/aromatic N) is 5. The Morgan fingerprint density at radius 2 is 1.92 bits per heavy atom. The average molecular weight is 342 g/mol. The molecule has 134 valence electrons. The number of nitriles is 1. The lowest BCUT2D eigenvalue weighted by molar-refractivity contribution is -0.125. The van der Waals surface area contributed by atoms with Gasteiger partial charge in [0.2, 0.25) is 5.91 Å². The molecule has 1 aromatic heterocycles. The number of rotatable bonds is 6. The fourth-order valence-electron chi connectivity index (χ4n) is 3.66. The Labute approximate surface area is 149 Å². The lowest BCUT2D eigenvalue weighted by Gasteiger charge is -2.32. The minimum absolute atomic E-state index is 0.0604. The third-order valence-corrected chi connectivity index (χ3v) is 5.10. The molecule has 0 aliphatic carbocycles. The van der Waals surface area contributed by atoms with Crippen LogP contribution in [0.1, 0.15) is 37.8 Å². The van der Waals surface area contributed by atoms with Gasteiger partial charge in [0.1, 0.15) is 6.07 Å². The van der Waals surface area contributed by atoms with Gasteiger partial charge in [0.25, 0.3) is 0 Å². The Bertz CT molecular complexity index is 614. The molecular weight excluding hydrogens is 316 g/mol. The average Bonchev–Trinajstić information content (AvgIpc) is 3.18. The highest BCUT2D eigenvalue weighted by Crippen LogP contribution is 2.23. The van der Waals surface area contributed by atoms with Crippen molar-refractivity contribution in [2.45, 2.75) is 32.1 Å². The second-order valence-corrected chi connectivity index (χ2v) is 6.80. The molecule has 1 amide bonds. The quantitative estimate of drug-likeness (QED) is 0.781. The number of carbonyl (C=O) groups is 1. The van der Waals surface area contributed by atoms with Gasteiger partial charge in [-0.1, -0.05) is 0 Å². The molecule has 0 aromatic carbocycles. The van der Waals surface area contributed by atoms with E-state index in [1.165, 1.54) is 32.1 Å². The van der Waals surface area contributed by atoms with Gasteiger partial charge in [0.15, 0.2) is 11.5 Å². The number of hydrogen-bond acceptors (Lipinski definition) is 6. The summed E-state index contributed by atoms with van der Waals surface area (Å²) in [4.78, 5) is 25.2. The van der Waals surface area contributed by atoms with Crippen LogP contribution in [0.3, 0.4) is 0 Å². The molecular formula is C18H26N6O. The monoisotopic (exact) mass is 342 g/mol. The maximum Gasteiger partial charge on any atom is 0.223 e. The van der Waals surface area contributed by atoms with Gasteiger partial charge in [0, 0.05) is 37.9 Å². The second-order valence-electron chi connectivity index (χ2n) is 6.80. The highest BCUT2D eigenvalue weighted by atomic mass is 16.1. The molecule has 25 heavy (non-hydrogen) atoms. The van der Waals surface area contributed by atoms with Crippen molar-refractivity contribution in [1.82, 2.24) is 20.2 Å². The van der Waals surface area contributed by atoms with Crippen molar-refractivity contribution in [2.24, 2.45) is 5.92 Å². The Kier molecular flexibility index (Phi) is 6.18. The van der Waals surface area contributed by atoms with E-state index in [-0.39, 0.29) is 11.8 Å². The van der Waals surface area contributed by atoms with E-state index in [1.807, 2.05) is 0 Å². The molecule has 0 unspecified atom stereocenters. The van der Waals surface area contributed by atoms with E-state index in [9.17, 15) is 4.79 Å². The third-order valence-electron chi connectivity index (χ3n) is 5.10. The van der Waals surface area contributed by atoms with Crippen molar-refractivity contribution in [2.75, 3.05) is 44.2 Å². The van der Waals surface area contributed by atoms with Crippen LogP contribution >= 0.6 is 0 Å². The molecule has 3 heterocycles. The highest BCUT2D eigenvalue weighted by Gasteiger charge is 2.26. The van der Waals surface area contributed by atoms with Crippen molar-refractivity contribution >= 4 is 11.7 Å². The molecule has 0 atom stereocenters. The minimum atomic E-state index is 0.0604. The topological polar surface area (TPSA) is 85.1 Å². The van der Waals surface area contributed by atoms with Crippen molar-refractivity contribution in [3.8, 4) is 6.07 Å². The molecule has 0 radical (unpaired) electrons. The van der Waals surface area contributed by atoms with E-state index in [0.29, 0.717) is 11.5 Å². The molecule has 1 N–H and O–H groups in total. The lowest BCUT2D eigenvalue weighted by atomic mass is 9.96. The fraction of sp³-hybridized carbons (Fsp3) is 0.667. The van der Waals surface area contributed by atoms with Crippen LogP contribution in [-0.2, 0) is 4.79 Å². The molecule has 0 saturated carbocycles. The molecule has 2 aliphatic heterocycles. The largest absolute Gasteiger partial charge is 0.356 e. The number of hydrogen-bond donors (Lipinski definition) is 1. The van der Waals surface area contributed by atoms with Crippen molar-refractivity contribution in [3.05, 3.63) is 18.1 Å². The summed E-state index contributed by atoms with van der Waals surface area (Å²) < 4.78 is 0. The van der Waals surface area contributed by atoms with Crippen LogP contribution in [0, 0.1) is 17.2 Å². The van der Waals surface area contributed by atoms with Gasteiger partial charge in [-0.3, -0.25) is 4.79 Å². The SMILES string of the molecule is N#Cc1nccnc1N1CCC(C(=O)NCCCN2CCCC2)CC1. The van der Waals surface area contributed by atoms with Crippen LogP contribution in [0.15, 0.2) is 12.4 Å². The molecule has 0 bridgehead atoms. The Hall–Kier alpha value is -2.20. The van der Waals surface area contributed by atoms with E-state index < -0.39 is 0 Å².